The van der Waals surface area contributed by atoms with Crippen LogP contribution in [0.25, 0.3) is 0 Å². The second-order valence-electron chi connectivity index (χ2n) is 13.1. The number of ether oxygens (including phenoxy) is 2. The van der Waals surface area contributed by atoms with Crippen molar-refractivity contribution in [2.24, 2.45) is 0 Å². The third-order valence-electron chi connectivity index (χ3n) is 7.43. The minimum Gasteiger partial charge on any atom is -0.444 e. The van der Waals surface area contributed by atoms with Crippen molar-refractivity contribution < 1.29 is 29.3 Å². The summed E-state index contributed by atoms with van der Waals surface area (Å²) in [7, 11) is 0. The predicted molar refractivity (Wildman–Crippen MR) is 156 cm³/mol. The maximum Gasteiger partial charge on any atom is 0.410 e. The van der Waals surface area contributed by atoms with Gasteiger partial charge in [-0.2, -0.15) is 0 Å². The monoisotopic (exact) mass is 567 g/mol. The maximum atomic E-state index is 13.1. The number of rotatable bonds is 6. The van der Waals surface area contributed by atoms with Gasteiger partial charge < -0.3 is 25.0 Å². The van der Waals surface area contributed by atoms with E-state index in [1.165, 1.54) is 0 Å². The van der Waals surface area contributed by atoms with Crippen LogP contribution in [0.4, 0.5) is 9.59 Å². The van der Waals surface area contributed by atoms with Gasteiger partial charge in [0.15, 0.2) is 0 Å². The van der Waals surface area contributed by atoms with E-state index in [4.69, 9.17) is 9.47 Å². The van der Waals surface area contributed by atoms with Gasteiger partial charge in [-0.3, -0.25) is 9.80 Å². The third-order valence-corrected chi connectivity index (χ3v) is 7.43. The van der Waals surface area contributed by atoms with Gasteiger partial charge in [0.05, 0.1) is 24.3 Å². The molecule has 0 radical (unpaired) electrons. The molecule has 4 atom stereocenters. The zero-order valence-electron chi connectivity index (χ0n) is 25.1. The van der Waals surface area contributed by atoms with Gasteiger partial charge in [0.1, 0.15) is 11.2 Å². The van der Waals surface area contributed by atoms with Gasteiger partial charge in [-0.25, -0.2) is 9.59 Å². The number of fused-ring (bicyclic) bond motifs is 2. The molecule has 2 aromatic carbocycles. The Balaban J connectivity index is 1.43. The number of aliphatic hydroxyl groups is 2. The van der Waals surface area contributed by atoms with E-state index < -0.39 is 47.7 Å². The Morgan fingerprint density at radius 3 is 1.41 bits per heavy atom. The lowest BCUT2D eigenvalue weighted by atomic mass is 9.90. The molecule has 0 spiro atoms. The molecule has 0 aliphatic carbocycles. The molecule has 0 saturated carbocycles. The van der Waals surface area contributed by atoms with Crippen LogP contribution in [-0.2, 0) is 35.4 Å². The third kappa shape index (κ3) is 7.99. The molecule has 2 amide bonds. The molecule has 9 nitrogen and oxygen atoms in total. The quantitative estimate of drug-likeness (QED) is 0.484. The molecular weight excluding hydrogens is 522 g/mol. The minimum atomic E-state index is -0.905. The number of carbonyl (C=O) groups is 2. The van der Waals surface area contributed by atoms with E-state index in [0.29, 0.717) is 25.9 Å². The Kier molecular flexibility index (Phi) is 9.31. The molecule has 2 aromatic rings. The van der Waals surface area contributed by atoms with Crippen molar-refractivity contribution in [1.82, 2.24) is 15.1 Å². The molecule has 9 heteroatoms. The van der Waals surface area contributed by atoms with Crippen molar-refractivity contribution in [2.45, 2.75) is 103 Å². The Bertz CT molecular complexity index is 1130. The first-order valence-corrected chi connectivity index (χ1v) is 14.4. The van der Waals surface area contributed by atoms with Gasteiger partial charge >= 0.3 is 12.2 Å². The maximum absolute atomic E-state index is 13.1. The van der Waals surface area contributed by atoms with E-state index in [0.717, 1.165) is 22.3 Å². The van der Waals surface area contributed by atoms with Gasteiger partial charge in [-0.05, 0) is 76.6 Å². The number of carbonyl (C=O) groups excluding carboxylic acids is 2. The standard InChI is InChI=1S/C32H45N3O6/c1-31(2,3)40-29(38)34-19-23-13-9-7-11-21(23)15-25(34)27(36)17-33-18-28(37)26-16-22-12-8-10-14-24(22)20-35(26)30(39)41-32(4,5)6/h7-14,25-28,33,36-37H,15-20H2,1-6H3/t25-,26-,27-,28+/m0/s1. The van der Waals surface area contributed by atoms with Crippen LogP contribution in [0.15, 0.2) is 48.5 Å². The number of aliphatic hydroxyl groups excluding tert-OH is 2. The number of nitrogens with zero attached hydrogens (tertiary/aromatic N) is 2. The van der Waals surface area contributed by atoms with Gasteiger partial charge in [-0.1, -0.05) is 48.5 Å². The topological polar surface area (TPSA) is 112 Å². The lowest BCUT2D eigenvalue weighted by Gasteiger charge is -2.41. The average molecular weight is 568 g/mol. The highest BCUT2D eigenvalue weighted by Gasteiger charge is 2.38. The zero-order valence-corrected chi connectivity index (χ0v) is 25.1. The molecule has 2 aliphatic rings. The zero-order chi connectivity index (χ0) is 29.9. The molecule has 41 heavy (non-hydrogen) atoms. The highest BCUT2D eigenvalue weighted by atomic mass is 16.6. The van der Waals surface area contributed by atoms with Gasteiger partial charge in [0.25, 0.3) is 0 Å². The number of benzene rings is 2. The van der Waals surface area contributed by atoms with Gasteiger partial charge in [0, 0.05) is 26.2 Å². The first-order valence-electron chi connectivity index (χ1n) is 14.4. The number of hydrogen-bond acceptors (Lipinski definition) is 7. The molecule has 4 rings (SSSR count). The largest absolute Gasteiger partial charge is 0.444 e. The average Bonchev–Trinajstić information content (AvgIpc) is 2.89. The summed E-state index contributed by atoms with van der Waals surface area (Å²) in [5, 5.41) is 25.7. The predicted octanol–water partition coefficient (Wildman–Crippen LogP) is 4.02. The molecule has 0 bridgehead atoms. The van der Waals surface area contributed by atoms with E-state index in [1.807, 2.05) is 90.1 Å². The summed E-state index contributed by atoms with van der Waals surface area (Å²) in [6.45, 7) is 11.9. The van der Waals surface area contributed by atoms with Gasteiger partial charge in [0.2, 0.25) is 0 Å². The summed E-state index contributed by atoms with van der Waals surface area (Å²) in [6.07, 6.45) is -1.76. The van der Waals surface area contributed by atoms with Crippen LogP contribution in [0.1, 0.15) is 63.8 Å². The molecule has 0 fully saturated rings. The molecule has 0 saturated heterocycles. The second-order valence-corrected chi connectivity index (χ2v) is 13.1. The highest BCUT2D eigenvalue weighted by Crippen LogP contribution is 2.28. The summed E-state index contributed by atoms with van der Waals surface area (Å²) in [5.41, 5.74) is 2.92. The smallest absolute Gasteiger partial charge is 0.410 e. The molecule has 224 valence electrons. The molecule has 0 unspecified atom stereocenters. The van der Waals surface area contributed by atoms with E-state index in [1.54, 1.807) is 9.80 Å². The number of hydrogen-bond donors (Lipinski definition) is 3. The van der Waals surface area contributed by atoms with Crippen molar-refractivity contribution in [3.05, 3.63) is 70.8 Å². The molecule has 3 N–H and O–H groups in total. The molecule has 2 aliphatic heterocycles. The lowest BCUT2D eigenvalue weighted by Crippen LogP contribution is -2.56. The number of amides is 2. The summed E-state index contributed by atoms with van der Waals surface area (Å²) >= 11 is 0. The summed E-state index contributed by atoms with van der Waals surface area (Å²) in [6, 6.07) is 14.8. The fourth-order valence-electron chi connectivity index (χ4n) is 5.47. The van der Waals surface area contributed by atoms with E-state index >= 15 is 0 Å². The summed E-state index contributed by atoms with van der Waals surface area (Å²) in [5.74, 6) is 0. The van der Waals surface area contributed by atoms with Crippen molar-refractivity contribution >= 4 is 12.2 Å². The van der Waals surface area contributed by atoms with Crippen LogP contribution < -0.4 is 5.32 Å². The Morgan fingerprint density at radius 1 is 0.732 bits per heavy atom. The second kappa shape index (κ2) is 12.4. The molecule has 2 heterocycles. The molecule has 0 aromatic heterocycles. The Morgan fingerprint density at radius 2 is 1.07 bits per heavy atom. The summed E-state index contributed by atoms with van der Waals surface area (Å²) < 4.78 is 11.3. The van der Waals surface area contributed by atoms with E-state index in [9.17, 15) is 19.8 Å². The Labute approximate surface area is 243 Å². The van der Waals surface area contributed by atoms with Crippen LogP contribution in [0.5, 0.6) is 0 Å². The first-order chi connectivity index (χ1) is 19.2. The van der Waals surface area contributed by atoms with Crippen molar-refractivity contribution in [2.75, 3.05) is 13.1 Å². The van der Waals surface area contributed by atoms with Crippen molar-refractivity contribution in [1.29, 1.82) is 0 Å². The van der Waals surface area contributed by atoms with Crippen LogP contribution in [0, 0.1) is 0 Å². The SMILES string of the molecule is CC(C)(C)OC(=O)N1Cc2ccccc2C[C@H]1[C@H](O)CNC[C@H](O)[C@@H]1Cc2ccccc2CN1C(=O)OC(C)(C)C. The lowest BCUT2D eigenvalue weighted by molar-refractivity contribution is -0.0166. The first kappa shape index (κ1) is 30.8. The fraction of sp³-hybridized carbons (Fsp3) is 0.562. The summed E-state index contributed by atoms with van der Waals surface area (Å²) in [4.78, 5) is 29.4. The van der Waals surface area contributed by atoms with Crippen LogP contribution in [0.2, 0.25) is 0 Å². The Hall–Kier alpha value is -3.14. The van der Waals surface area contributed by atoms with Crippen LogP contribution >= 0.6 is 0 Å². The highest BCUT2D eigenvalue weighted by molar-refractivity contribution is 5.70. The fourth-order valence-corrected chi connectivity index (χ4v) is 5.47. The van der Waals surface area contributed by atoms with Crippen molar-refractivity contribution in [3.63, 3.8) is 0 Å². The minimum absolute atomic E-state index is 0.152. The van der Waals surface area contributed by atoms with E-state index in [2.05, 4.69) is 5.32 Å². The molecular formula is C32H45N3O6. The van der Waals surface area contributed by atoms with Crippen molar-refractivity contribution in [3.8, 4) is 0 Å². The van der Waals surface area contributed by atoms with E-state index in [-0.39, 0.29) is 13.1 Å². The van der Waals surface area contributed by atoms with Gasteiger partial charge in [-0.15, -0.1) is 0 Å². The number of nitrogens with one attached hydrogen (secondary N) is 1. The van der Waals surface area contributed by atoms with Crippen LogP contribution in [-0.4, -0.2) is 80.8 Å². The normalized spacial score (nSPS) is 20.5. The van der Waals surface area contributed by atoms with Crippen LogP contribution in [0.3, 0.4) is 0 Å².